The molecule has 0 saturated carbocycles. The monoisotopic (exact) mass is 529 g/mol. The zero-order valence-corrected chi connectivity index (χ0v) is 21.1. The molecule has 0 fully saturated rings. The Morgan fingerprint density at radius 3 is 2.46 bits per heavy atom. The van der Waals surface area contributed by atoms with Crippen molar-refractivity contribution in [1.82, 2.24) is 9.88 Å². The Labute approximate surface area is 213 Å². The highest BCUT2D eigenvalue weighted by atomic mass is 79.9. The summed E-state index contributed by atoms with van der Waals surface area (Å²) in [4.78, 5) is 0. The normalized spacial score (nSPS) is 13.2. The van der Waals surface area contributed by atoms with Crippen LogP contribution in [0.25, 0.3) is 21.8 Å². The number of hydrogen-bond donors (Lipinski definition) is 3. The molecule has 5 aromatic rings. The molecule has 4 aromatic carbocycles. The standard InChI is InChI=1S/C29H28BrN3O2/c1-29(34,21-11-14-25(30)26(31)17-21)32-15-16-35-22-12-13-24-23-9-5-6-10-27(23)33(28(24)18-22)19-20-7-3-2-4-8-20/h2-14,17-18,32,34H,15-16,19,31H2,1H3. The van der Waals surface area contributed by atoms with Crippen molar-refractivity contribution in [3.8, 4) is 5.75 Å². The Morgan fingerprint density at radius 1 is 0.914 bits per heavy atom. The SMILES string of the molecule is CC(O)(NCCOc1ccc2c3ccccc3n(Cc3ccccc3)c2c1)c1ccc(Br)c(N)c1. The maximum atomic E-state index is 10.9. The fourth-order valence-electron chi connectivity index (χ4n) is 4.47. The molecule has 1 aromatic heterocycles. The van der Waals surface area contributed by atoms with Crippen molar-refractivity contribution in [2.75, 3.05) is 18.9 Å². The van der Waals surface area contributed by atoms with E-state index in [4.69, 9.17) is 10.5 Å². The number of nitrogens with one attached hydrogen (secondary N) is 1. The van der Waals surface area contributed by atoms with Gasteiger partial charge in [-0.3, -0.25) is 5.32 Å². The van der Waals surface area contributed by atoms with E-state index in [1.807, 2.05) is 24.3 Å². The molecule has 1 atom stereocenters. The minimum absolute atomic E-state index is 0.409. The number of para-hydroxylation sites is 1. The van der Waals surface area contributed by atoms with Gasteiger partial charge < -0.3 is 20.1 Å². The highest BCUT2D eigenvalue weighted by Crippen LogP contribution is 2.32. The molecule has 6 heteroatoms. The molecule has 0 spiro atoms. The molecule has 0 amide bonds. The second-order valence-corrected chi connectivity index (χ2v) is 9.71. The number of ether oxygens (including phenoxy) is 1. The highest BCUT2D eigenvalue weighted by molar-refractivity contribution is 9.10. The molecule has 0 aliphatic heterocycles. The molecule has 0 saturated heterocycles. The first-order chi connectivity index (χ1) is 16.9. The zero-order valence-electron chi connectivity index (χ0n) is 19.5. The molecular weight excluding hydrogens is 502 g/mol. The predicted octanol–water partition coefficient (Wildman–Crippen LogP) is 6.02. The molecule has 5 rings (SSSR count). The molecule has 0 aliphatic rings. The zero-order chi connectivity index (χ0) is 24.4. The summed E-state index contributed by atoms with van der Waals surface area (Å²) in [5.41, 5.74) is 9.63. The Morgan fingerprint density at radius 2 is 1.66 bits per heavy atom. The van der Waals surface area contributed by atoms with Crippen molar-refractivity contribution in [2.45, 2.75) is 19.2 Å². The molecule has 178 valence electrons. The number of nitrogens with two attached hydrogens (primary N) is 1. The van der Waals surface area contributed by atoms with Gasteiger partial charge in [0.2, 0.25) is 0 Å². The van der Waals surface area contributed by atoms with Gasteiger partial charge in [-0.2, -0.15) is 0 Å². The van der Waals surface area contributed by atoms with Crippen LogP contribution in [0.2, 0.25) is 0 Å². The molecule has 0 bridgehead atoms. The summed E-state index contributed by atoms with van der Waals surface area (Å²) in [5, 5.41) is 16.4. The number of nitrogens with zero attached hydrogens (tertiary/aromatic N) is 1. The van der Waals surface area contributed by atoms with Crippen LogP contribution in [0.1, 0.15) is 18.1 Å². The van der Waals surface area contributed by atoms with E-state index in [1.165, 1.54) is 21.9 Å². The summed E-state index contributed by atoms with van der Waals surface area (Å²) < 4.78 is 9.22. The molecule has 0 aliphatic carbocycles. The minimum Gasteiger partial charge on any atom is -0.492 e. The van der Waals surface area contributed by atoms with E-state index in [0.717, 1.165) is 22.3 Å². The van der Waals surface area contributed by atoms with Crippen molar-refractivity contribution in [2.24, 2.45) is 0 Å². The van der Waals surface area contributed by atoms with Crippen LogP contribution in [-0.2, 0) is 12.3 Å². The fraction of sp³-hybridized carbons (Fsp3) is 0.172. The van der Waals surface area contributed by atoms with Gasteiger partial charge in [-0.25, -0.2) is 0 Å². The van der Waals surface area contributed by atoms with Crippen LogP contribution >= 0.6 is 15.9 Å². The second-order valence-electron chi connectivity index (χ2n) is 8.85. The van der Waals surface area contributed by atoms with Crippen LogP contribution in [0.3, 0.4) is 0 Å². The van der Waals surface area contributed by atoms with Crippen molar-refractivity contribution in [3.63, 3.8) is 0 Å². The number of aliphatic hydroxyl groups is 1. The number of anilines is 1. The van der Waals surface area contributed by atoms with Gasteiger partial charge in [0.1, 0.15) is 18.1 Å². The van der Waals surface area contributed by atoms with Gasteiger partial charge in [0, 0.05) is 51.2 Å². The molecule has 0 radical (unpaired) electrons. The van der Waals surface area contributed by atoms with Crippen molar-refractivity contribution >= 4 is 43.4 Å². The Bertz CT molecular complexity index is 1480. The van der Waals surface area contributed by atoms with Gasteiger partial charge in [0.15, 0.2) is 0 Å². The predicted molar refractivity (Wildman–Crippen MR) is 147 cm³/mol. The number of nitrogen functional groups attached to an aromatic ring is 1. The Hall–Kier alpha value is -3.32. The smallest absolute Gasteiger partial charge is 0.139 e. The molecule has 5 nitrogen and oxygen atoms in total. The number of aromatic nitrogens is 1. The third-order valence-corrected chi connectivity index (χ3v) is 7.05. The number of fused-ring (bicyclic) bond motifs is 3. The highest BCUT2D eigenvalue weighted by Gasteiger charge is 2.22. The lowest BCUT2D eigenvalue weighted by Gasteiger charge is -2.26. The van der Waals surface area contributed by atoms with Gasteiger partial charge in [0.25, 0.3) is 0 Å². The van der Waals surface area contributed by atoms with E-state index in [0.29, 0.717) is 24.4 Å². The van der Waals surface area contributed by atoms with Gasteiger partial charge in [-0.05, 0) is 58.7 Å². The van der Waals surface area contributed by atoms with E-state index in [-0.39, 0.29) is 0 Å². The summed E-state index contributed by atoms with van der Waals surface area (Å²) in [7, 11) is 0. The van der Waals surface area contributed by atoms with Crippen LogP contribution in [0.4, 0.5) is 5.69 Å². The molecule has 1 unspecified atom stereocenters. The van der Waals surface area contributed by atoms with Crippen LogP contribution in [-0.4, -0.2) is 22.8 Å². The second kappa shape index (κ2) is 9.74. The summed E-state index contributed by atoms with van der Waals surface area (Å²) in [6.07, 6.45) is 0. The molecule has 4 N–H and O–H groups in total. The summed E-state index contributed by atoms with van der Waals surface area (Å²) in [6.45, 7) is 3.37. The van der Waals surface area contributed by atoms with Gasteiger partial charge >= 0.3 is 0 Å². The van der Waals surface area contributed by atoms with Crippen molar-refractivity contribution < 1.29 is 9.84 Å². The van der Waals surface area contributed by atoms with Crippen LogP contribution < -0.4 is 15.8 Å². The van der Waals surface area contributed by atoms with E-state index < -0.39 is 5.72 Å². The van der Waals surface area contributed by atoms with Crippen molar-refractivity contribution in [3.05, 3.63) is 107 Å². The van der Waals surface area contributed by atoms with E-state index >= 15 is 0 Å². The topological polar surface area (TPSA) is 72.4 Å². The van der Waals surface area contributed by atoms with Gasteiger partial charge in [-0.15, -0.1) is 0 Å². The third kappa shape index (κ3) is 4.91. The number of rotatable bonds is 8. The largest absolute Gasteiger partial charge is 0.492 e. The first-order valence-corrected chi connectivity index (χ1v) is 12.4. The summed E-state index contributed by atoms with van der Waals surface area (Å²) >= 11 is 3.39. The maximum Gasteiger partial charge on any atom is 0.139 e. The number of benzene rings is 4. The fourth-order valence-corrected chi connectivity index (χ4v) is 4.71. The van der Waals surface area contributed by atoms with Crippen LogP contribution in [0.15, 0.2) is 95.5 Å². The lowest BCUT2D eigenvalue weighted by molar-refractivity contribution is 0.0170. The molecular formula is C29H28BrN3O2. The van der Waals surface area contributed by atoms with Crippen molar-refractivity contribution in [1.29, 1.82) is 0 Å². The molecule has 35 heavy (non-hydrogen) atoms. The molecule has 1 heterocycles. The first kappa shape index (κ1) is 23.4. The van der Waals surface area contributed by atoms with Gasteiger partial charge in [0.05, 0.1) is 5.52 Å². The number of halogens is 1. The summed E-state index contributed by atoms with van der Waals surface area (Å²) in [6, 6.07) is 30.7. The lowest BCUT2D eigenvalue weighted by atomic mass is 10.0. The minimum atomic E-state index is -1.22. The maximum absolute atomic E-state index is 10.9. The van der Waals surface area contributed by atoms with Crippen LogP contribution in [0, 0.1) is 0 Å². The average molecular weight is 530 g/mol. The first-order valence-electron chi connectivity index (χ1n) is 11.6. The Kier molecular flexibility index (Phi) is 6.52. The van der Waals surface area contributed by atoms with E-state index in [2.05, 4.69) is 86.5 Å². The van der Waals surface area contributed by atoms with E-state index in [1.54, 1.807) is 13.0 Å². The number of hydrogen-bond acceptors (Lipinski definition) is 4. The summed E-state index contributed by atoms with van der Waals surface area (Å²) in [5.74, 6) is 0.795. The lowest BCUT2D eigenvalue weighted by Crippen LogP contribution is -2.41. The van der Waals surface area contributed by atoms with Gasteiger partial charge in [-0.1, -0.05) is 54.6 Å². The van der Waals surface area contributed by atoms with E-state index in [9.17, 15) is 5.11 Å². The third-order valence-electron chi connectivity index (χ3n) is 6.33. The average Bonchev–Trinajstić information content (AvgIpc) is 3.17. The quantitative estimate of drug-likeness (QED) is 0.130. The van der Waals surface area contributed by atoms with Crippen LogP contribution in [0.5, 0.6) is 5.75 Å². The Balaban J connectivity index is 1.33.